The lowest BCUT2D eigenvalue weighted by atomic mass is 10.0. The molecular weight excluding hydrogens is 162 g/mol. The topological polar surface area (TPSA) is 24.6 Å². The molecule has 1 aromatic carbocycles. The number of hydrogen-bond donors (Lipinski definition) is 1. The van der Waals surface area contributed by atoms with Crippen molar-refractivity contribution in [2.24, 2.45) is 0 Å². The zero-order chi connectivity index (χ0) is 9.10. The number of nitrogens with one attached hydrogen (secondary N) is 1. The van der Waals surface area contributed by atoms with Crippen LogP contribution in [-0.2, 0) is 11.2 Å². The van der Waals surface area contributed by atoms with Crippen LogP contribution in [0.5, 0.6) is 0 Å². The molecule has 1 aliphatic heterocycles. The van der Waals surface area contributed by atoms with Crippen LogP contribution in [0.1, 0.15) is 5.56 Å². The van der Waals surface area contributed by atoms with Gasteiger partial charge in [-0.1, -0.05) is 30.3 Å². The maximum atomic E-state index is 5.27. The Morgan fingerprint density at radius 2 is 2.15 bits per heavy atom. The summed E-state index contributed by atoms with van der Waals surface area (Å²) < 4.78 is 5.27. The van der Waals surface area contributed by atoms with Gasteiger partial charge in [0, 0.05) is 6.04 Å². The van der Waals surface area contributed by atoms with E-state index in [4.69, 9.17) is 4.74 Å². The van der Waals surface area contributed by atoms with Crippen molar-refractivity contribution >= 4 is 0 Å². The van der Waals surface area contributed by atoms with Crippen LogP contribution < -0.4 is 5.32 Å². The van der Waals surface area contributed by atoms with Crippen molar-refractivity contribution in [3.8, 4) is 0 Å². The molecule has 1 unspecified atom stereocenters. The summed E-state index contributed by atoms with van der Waals surface area (Å²) in [5.74, 6) is 0. The zero-order valence-corrected chi connectivity index (χ0v) is 7.86. The first-order valence-electron chi connectivity index (χ1n) is 4.73. The van der Waals surface area contributed by atoms with E-state index in [1.165, 1.54) is 5.56 Å². The fourth-order valence-electron chi connectivity index (χ4n) is 1.58. The first-order valence-corrected chi connectivity index (χ1v) is 4.73. The van der Waals surface area contributed by atoms with Gasteiger partial charge in [0.1, 0.15) is 0 Å². The first kappa shape index (κ1) is 8.73. The summed E-state index contributed by atoms with van der Waals surface area (Å²) >= 11 is 0. The molecular formula is C11H15NO. The molecule has 2 rings (SSSR count). The standard InChI is InChI=1S/C11H15NO/c1-12-10(11-8-13-11)7-9-5-3-2-4-6-9/h2-6,10-12H,7-8H2,1H3/t10?,11-/m0/s1. The Kier molecular flexibility index (Phi) is 2.62. The van der Waals surface area contributed by atoms with Crippen LogP contribution in [0.25, 0.3) is 0 Å². The Morgan fingerprint density at radius 1 is 1.46 bits per heavy atom. The summed E-state index contributed by atoms with van der Waals surface area (Å²) in [5.41, 5.74) is 1.37. The fourth-order valence-corrected chi connectivity index (χ4v) is 1.58. The number of benzene rings is 1. The second kappa shape index (κ2) is 3.90. The van der Waals surface area contributed by atoms with Crippen molar-refractivity contribution in [2.45, 2.75) is 18.6 Å². The number of ether oxygens (including phenoxy) is 1. The van der Waals surface area contributed by atoms with Crippen LogP contribution >= 0.6 is 0 Å². The van der Waals surface area contributed by atoms with Gasteiger partial charge >= 0.3 is 0 Å². The van der Waals surface area contributed by atoms with Gasteiger partial charge < -0.3 is 10.1 Å². The molecule has 0 radical (unpaired) electrons. The highest BCUT2D eigenvalue weighted by molar-refractivity contribution is 5.16. The highest BCUT2D eigenvalue weighted by atomic mass is 16.6. The van der Waals surface area contributed by atoms with E-state index >= 15 is 0 Å². The van der Waals surface area contributed by atoms with Gasteiger partial charge in [-0.2, -0.15) is 0 Å². The Bertz CT molecular complexity index is 256. The maximum Gasteiger partial charge on any atom is 0.0965 e. The Labute approximate surface area is 78.9 Å². The molecule has 1 fully saturated rings. The van der Waals surface area contributed by atoms with E-state index in [9.17, 15) is 0 Å². The summed E-state index contributed by atoms with van der Waals surface area (Å²) in [6.07, 6.45) is 1.49. The molecule has 1 N–H and O–H groups in total. The number of rotatable bonds is 4. The largest absolute Gasteiger partial charge is 0.371 e. The molecule has 70 valence electrons. The summed E-state index contributed by atoms with van der Waals surface area (Å²) in [7, 11) is 2.00. The Morgan fingerprint density at radius 3 is 2.69 bits per heavy atom. The van der Waals surface area contributed by atoms with E-state index in [0.717, 1.165) is 13.0 Å². The number of hydrogen-bond acceptors (Lipinski definition) is 2. The van der Waals surface area contributed by atoms with E-state index in [2.05, 4.69) is 29.6 Å². The van der Waals surface area contributed by atoms with Crippen molar-refractivity contribution in [3.05, 3.63) is 35.9 Å². The van der Waals surface area contributed by atoms with Crippen LogP contribution in [0.4, 0.5) is 0 Å². The van der Waals surface area contributed by atoms with Crippen molar-refractivity contribution in [2.75, 3.05) is 13.7 Å². The SMILES string of the molecule is CNC(Cc1ccccc1)[C@@H]1CO1. The van der Waals surface area contributed by atoms with Gasteiger partial charge in [-0.3, -0.25) is 0 Å². The van der Waals surface area contributed by atoms with Crippen LogP contribution in [0.15, 0.2) is 30.3 Å². The van der Waals surface area contributed by atoms with E-state index < -0.39 is 0 Å². The molecule has 2 heteroatoms. The van der Waals surface area contributed by atoms with Crippen molar-refractivity contribution < 1.29 is 4.74 Å². The smallest absolute Gasteiger partial charge is 0.0965 e. The van der Waals surface area contributed by atoms with Gasteiger partial charge in [-0.05, 0) is 19.0 Å². The lowest BCUT2D eigenvalue weighted by Crippen LogP contribution is -2.32. The quantitative estimate of drug-likeness (QED) is 0.699. The van der Waals surface area contributed by atoms with Gasteiger partial charge in [0.2, 0.25) is 0 Å². The predicted molar refractivity (Wildman–Crippen MR) is 52.7 cm³/mol. The maximum absolute atomic E-state index is 5.27. The third-order valence-corrected chi connectivity index (χ3v) is 2.48. The van der Waals surface area contributed by atoms with Crippen molar-refractivity contribution in [1.29, 1.82) is 0 Å². The lowest BCUT2D eigenvalue weighted by Gasteiger charge is -2.12. The molecule has 0 aromatic heterocycles. The minimum Gasteiger partial charge on any atom is -0.371 e. The molecule has 2 nitrogen and oxygen atoms in total. The molecule has 0 bridgehead atoms. The highest BCUT2D eigenvalue weighted by Crippen LogP contribution is 2.17. The van der Waals surface area contributed by atoms with E-state index in [1.54, 1.807) is 0 Å². The molecule has 13 heavy (non-hydrogen) atoms. The average molecular weight is 177 g/mol. The summed E-state index contributed by atoms with van der Waals surface area (Å²) in [5, 5.41) is 3.29. The fraction of sp³-hybridized carbons (Fsp3) is 0.455. The van der Waals surface area contributed by atoms with Crippen LogP contribution in [0.3, 0.4) is 0 Å². The highest BCUT2D eigenvalue weighted by Gasteiger charge is 2.31. The number of likely N-dealkylation sites (N-methyl/N-ethyl adjacent to an activating group) is 1. The second-order valence-electron chi connectivity index (χ2n) is 3.46. The molecule has 0 amide bonds. The molecule has 2 atom stereocenters. The number of epoxide rings is 1. The summed E-state index contributed by atoms with van der Waals surface area (Å²) in [4.78, 5) is 0. The van der Waals surface area contributed by atoms with Crippen LogP contribution in [0.2, 0.25) is 0 Å². The summed E-state index contributed by atoms with van der Waals surface area (Å²) in [6.45, 7) is 0.915. The van der Waals surface area contributed by atoms with Crippen molar-refractivity contribution in [3.63, 3.8) is 0 Å². The minimum absolute atomic E-state index is 0.435. The predicted octanol–water partition coefficient (Wildman–Crippen LogP) is 1.22. The molecule has 0 aliphatic carbocycles. The molecule has 1 saturated heterocycles. The minimum atomic E-state index is 0.435. The Balaban J connectivity index is 1.95. The normalized spacial score (nSPS) is 22.7. The molecule has 0 saturated carbocycles. The van der Waals surface area contributed by atoms with Crippen LogP contribution in [-0.4, -0.2) is 25.8 Å². The monoisotopic (exact) mass is 177 g/mol. The third-order valence-electron chi connectivity index (χ3n) is 2.48. The Hall–Kier alpha value is -0.860. The summed E-state index contributed by atoms with van der Waals surface area (Å²) in [6, 6.07) is 11.0. The molecule has 1 aromatic rings. The lowest BCUT2D eigenvalue weighted by molar-refractivity contribution is 0.349. The van der Waals surface area contributed by atoms with E-state index in [-0.39, 0.29) is 0 Å². The van der Waals surface area contributed by atoms with Gasteiger partial charge in [-0.15, -0.1) is 0 Å². The molecule has 1 heterocycles. The molecule has 1 aliphatic rings. The average Bonchev–Trinajstić information content (AvgIpc) is 2.99. The van der Waals surface area contributed by atoms with E-state index in [1.807, 2.05) is 13.1 Å². The van der Waals surface area contributed by atoms with Gasteiger partial charge in [-0.25, -0.2) is 0 Å². The first-order chi connectivity index (χ1) is 6.40. The van der Waals surface area contributed by atoms with Crippen LogP contribution in [0, 0.1) is 0 Å². The molecule has 0 spiro atoms. The third kappa shape index (κ3) is 2.29. The van der Waals surface area contributed by atoms with E-state index in [0.29, 0.717) is 12.1 Å². The van der Waals surface area contributed by atoms with Gasteiger partial charge in [0.15, 0.2) is 0 Å². The van der Waals surface area contributed by atoms with Gasteiger partial charge in [0.05, 0.1) is 12.7 Å². The zero-order valence-electron chi connectivity index (χ0n) is 7.86. The second-order valence-corrected chi connectivity index (χ2v) is 3.46. The van der Waals surface area contributed by atoms with Crippen molar-refractivity contribution in [1.82, 2.24) is 5.32 Å². The van der Waals surface area contributed by atoms with Gasteiger partial charge in [0.25, 0.3) is 0 Å².